The first kappa shape index (κ1) is 13.2. The molecule has 1 saturated heterocycles. The van der Waals surface area contributed by atoms with Crippen LogP contribution in [0.3, 0.4) is 0 Å². The van der Waals surface area contributed by atoms with E-state index in [4.69, 9.17) is 17.3 Å². The molecule has 18 heavy (non-hydrogen) atoms. The summed E-state index contributed by atoms with van der Waals surface area (Å²) in [6, 6.07) is 7.73. The third-order valence-electron chi connectivity index (χ3n) is 3.32. The van der Waals surface area contributed by atoms with Gasteiger partial charge in [-0.25, -0.2) is 4.99 Å². The summed E-state index contributed by atoms with van der Waals surface area (Å²) in [6.45, 7) is 4.93. The van der Waals surface area contributed by atoms with E-state index in [1.165, 1.54) is 12.8 Å². The number of aliphatic imine (C=N–C) groups is 1. The molecule has 0 aromatic heterocycles. The molecule has 0 saturated carbocycles. The molecule has 0 aliphatic carbocycles. The molecule has 4 heteroatoms. The van der Waals surface area contributed by atoms with E-state index < -0.39 is 0 Å². The number of hydrogen-bond acceptors (Lipinski definition) is 1. The molecular formula is C14H20ClN3. The Kier molecular flexibility index (Phi) is 4.48. The number of piperidine rings is 1. The summed E-state index contributed by atoms with van der Waals surface area (Å²) in [6.07, 6.45) is 2.50. The van der Waals surface area contributed by atoms with Gasteiger partial charge >= 0.3 is 0 Å². The summed E-state index contributed by atoms with van der Waals surface area (Å²) in [7, 11) is 0. The van der Waals surface area contributed by atoms with E-state index >= 15 is 0 Å². The van der Waals surface area contributed by atoms with Gasteiger partial charge < -0.3 is 10.6 Å². The molecule has 2 rings (SSSR count). The van der Waals surface area contributed by atoms with Crippen LogP contribution in [0.5, 0.6) is 0 Å². The van der Waals surface area contributed by atoms with E-state index in [9.17, 15) is 0 Å². The highest BCUT2D eigenvalue weighted by Crippen LogP contribution is 2.15. The Morgan fingerprint density at radius 3 is 2.83 bits per heavy atom. The first-order valence-electron chi connectivity index (χ1n) is 6.44. The monoisotopic (exact) mass is 265 g/mol. The maximum atomic E-state index is 6.04. The van der Waals surface area contributed by atoms with Crippen LogP contribution < -0.4 is 5.73 Å². The van der Waals surface area contributed by atoms with Crippen LogP contribution in [0, 0.1) is 5.92 Å². The van der Waals surface area contributed by atoms with Crippen LogP contribution >= 0.6 is 11.6 Å². The zero-order chi connectivity index (χ0) is 13.0. The van der Waals surface area contributed by atoms with Crippen molar-refractivity contribution in [2.24, 2.45) is 16.6 Å². The van der Waals surface area contributed by atoms with Crippen molar-refractivity contribution in [1.82, 2.24) is 4.90 Å². The minimum atomic E-state index is 0.619. The first-order chi connectivity index (χ1) is 8.65. The maximum absolute atomic E-state index is 6.04. The van der Waals surface area contributed by atoms with Crippen molar-refractivity contribution in [2.75, 3.05) is 13.1 Å². The number of nitrogens with zero attached hydrogens (tertiary/aromatic N) is 2. The van der Waals surface area contributed by atoms with Gasteiger partial charge in [-0.15, -0.1) is 0 Å². The summed E-state index contributed by atoms with van der Waals surface area (Å²) in [5.74, 6) is 1.37. The van der Waals surface area contributed by atoms with Gasteiger partial charge in [0, 0.05) is 18.1 Å². The number of guanidine groups is 1. The van der Waals surface area contributed by atoms with E-state index in [1.54, 1.807) is 0 Å². The van der Waals surface area contributed by atoms with Crippen molar-refractivity contribution >= 4 is 17.6 Å². The average Bonchev–Trinajstić information content (AvgIpc) is 2.38. The Labute approximate surface area is 114 Å². The molecule has 2 N–H and O–H groups in total. The molecule has 0 amide bonds. The number of likely N-dealkylation sites (tertiary alicyclic amines) is 1. The SMILES string of the molecule is CC1CCCN(C(N)=NCc2ccc(Cl)cc2)C1. The zero-order valence-electron chi connectivity index (χ0n) is 10.8. The number of benzene rings is 1. The van der Waals surface area contributed by atoms with E-state index in [0.717, 1.165) is 23.7 Å². The Bertz CT molecular complexity index is 414. The molecule has 1 atom stereocenters. The van der Waals surface area contributed by atoms with Crippen LogP contribution in [0.2, 0.25) is 5.02 Å². The molecule has 1 heterocycles. The maximum Gasteiger partial charge on any atom is 0.191 e. The van der Waals surface area contributed by atoms with Crippen LogP contribution in [0.4, 0.5) is 0 Å². The normalized spacial score (nSPS) is 21.1. The lowest BCUT2D eigenvalue weighted by Crippen LogP contribution is -2.43. The quantitative estimate of drug-likeness (QED) is 0.660. The standard InChI is InChI=1S/C14H20ClN3/c1-11-3-2-8-18(10-11)14(16)17-9-12-4-6-13(15)7-5-12/h4-7,11H,2-3,8-10H2,1H3,(H2,16,17). The highest BCUT2D eigenvalue weighted by Gasteiger charge is 2.17. The average molecular weight is 266 g/mol. The molecule has 98 valence electrons. The molecule has 1 aliphatic rings. The predicted molar refractivity (Wildman–Crippen MR) is 76.7 cm³/mol. The van der Waals surface area contributed by atoms with E-state index in [0.29, 0.717) is 18.4 Å². The second kappa shape index (κ2) is 6.10. The lowest BCUT2D eigenvalue weighted by molar-refractivity contribution is 0.270. The smallest absolute Gasteiger partial charge is 0.191 e. The van der Waals surface area contributed by atoms with E-state index in [-0.39, 0.29) is 0 Å². The summed E-state index contributed by atoms with van der Waals surface area (Å²) >= 11 is 5.84. The number of rotatable bonds is 2. The Morgan fingerprint density at radius 2 is 2.17 bits per heavy atom. The topological polar surface area (TPSA) is 41.6 Å². The molecule has 0 bridgehead atoms. The zero-order valence-corrected chi connectivity index (χ0v) is 11.5. The van der Waals surface area contributed by atoms with Gasteiger partial charge in [0.25, 0.3) is 0 Å². The van der Waals surface area contributed by atoms with Crippen LogP contribution in [0.15, 0.2) is 29.3 Å². The van der Waals surface area contributed by atoms with Crippen molar-refractivity contribution in [3.63, 3.8) is 0 Å². The predicted octanol–water partition coefficient (Wildman–Crippen LogP) is 2.89. The molecule has 1 aliphatic heterocycles. The van der Waals surface area contributed by atoms with Crippen molar-refractivity contribution in [3.8, 4) is 0 Å². The highest BCUT2D eigenvalue weighted by molar-refractivity contribution is 6.30. The largest absolute Gasteiger partial charge is 0.370 e. The van der Waals surface area contributed by atoms with Crippen molar-refractivity contribution < 1.29 is 0 Å². The van der Waals surface area contributed by atoms with Gasteiger partial charge in [-0.1, -0.05) is 30.7 Å². The molecule has 1 unspecified atom stereocenters. The molecule has 1 aromatic carbocycles. The summed E-state index contributed by atoms with van der Waals surface area (Å²) in [4.78, 5) is 6.64. The summed E-state index contributed by atoms with van der Waals surface area (Å²) < 4.78 is 0. The van der Waals surface area contributed by atoms with E-state index in [1.807, 2.05) is 24.3 Å². The van der Waals surface area contributed by atoms with Crippen LogP contribution in [0.1, 0.15) is 25.3 Å². The van der Waals surface area contributed by atoms with Crippen molar-refractivity contribution in [1.29, 1.82) is 0 Å². The number of hydrogen-bond donors (Lipinski definition) is 1. The Morgan fingerprint density at radius 1 is 1.44 bits per heavy atom. The summed E-state index contributed by atoms with van der Waals surface area (Å²) in [5.41, 5.74) is 7.17. The minimum absolute atomic E-state index is 0.619. The van der Waals surface area contributed by atoms with Gasteiger partial charge in [-0.3, -0.25) is 0 Å². The van der Waals surface area contributed by atoms with Crippen LogP contribution in [0.25, 0.3) is 0 Å². The molecule has 0 spiro atoms. The molecular weight excluding hydrogens is 246 g/mol. The van der Waals surface area contributed by atoms with Gasteiger partial charge in [0.05, 0.1) is 6.54 Å². The second-order valence-corrected chi connectivity index (χ2v) is 5.43. The first-order valence-corrected chi connectivity index (χ1v) is 6.82. The fourth-order valence-corrected chi connectivity index (χ4v) is 2.39. The molecule has 3 nitrogen and oxygen atoms in total. The lowest BCUT2D eigenvalue weighted by atomic mass is 10.0. The van der Waals surface area contributed by atoms with Gasteiger partial charge in [0.2, 0.25) is 0 Å². The third kappa shape index (κ3) is 3.64. The van der Waals surface area contributed by atoms with Gasteiger partial charge in [-0.05, 0) is 36.5 Å². The lowest BCUT2D eigenvalue weighted by Gasteiger charge is -2.31. The van der Waals surface area contributed by atoms with Crippen LogP contribution in [-0.2, 0) is 6.54 Å². The highest BCUT2D eigenvalue weighted by atomic mass is 35.5. The molecule has 1 fully saturated rings. The van der Waals surface area contributed by atoms with Gasteiger partial charge in [-0.2, -0.15) is 0 Å². The van der Waals surface area contributed by atoms with Gasteiger partial charge in [0.15, 0.2) is 5.96 Å². The van der Waals surface area contributed by atoms with Gasteiger partial charge in [0.1, 0.15) is 0 Å². The van der Waals surface area contributed by atoms with Crippen LogP contribution in [-0.4, -0.2) is 23.9 Å². The minimum Gasteiger partial charge on any atom is -0.370 e. The van der Waals surface area contributed by atoms with E-state index in [2.05, 4.69) is 16.8 Å². The molecule has 0 radical (unpaired) electrons. The summed E-state index contributed by atoms with van der Waals surface area (Å²) in [5, 5.41) is 0.751. The third-order valence-corrected chi connectivity index (χ3v) is 3.57. The van der Waals surface area contributed by atoms with Crippen molar-refractivity contribution in [3.05, 3.63) is 34.9 Å². The fourth-order valence-electron chi connectivity index (χ4n) is 2.26. The van der Waals surface area contributed by atoms with Crippen molar-refractivity contribution in [2.45, 2.75) is 26.3 Å². The second-order valence-electron chi connectivity index (χ2n) is 4.99. The number of nitrogens with two attached hydrogens (primary N) is 1. The Hall–Kier alpha value is -1.22. The molecule has 1 aromatic rings. The number of halogens is 1. The Balaban J connectivity index is 1.93. The fraction of sp³-hybridized carbons (Fsp3) is 0.500.